The highest BCUT2D eigenvalue weighted by Gasteiger charge is 2.20. The Balaban J connectivity index is 2.55. The van der Waals surface area contributed by atoms with E-state index >= 15 is 0 Å². The maximum atomic E-state index is 2.31. The van der Waals surface area contributed by atoms with Gasteiger partial charge in [0.1, 0.15) is 0 Å². The van der Waals surface area contributed by atoms with E-state index in [1.807, 2.05) is 0 Å². The molecule has 0 spiro atoms. The summed E-state index contributed by atoms with van der Waals surface area (Å²) in [6, 6.07) is 4.56. The lowest BCUT2D eigenvalue weighted by atomic mass is 9.85. The van der Waals surface area contributed by atoms with Gasteiger partial charge in [0.2, 0.25) is 0 Å². The van der Waals surface area contributed by atoms with E-state index in [4.69, 9.17) is 0 Å². The summed E-state index contributed by atoms with van der Waals surface area (Å²) in [4.78, 5) is 0. The van der Waals surface area contributed by atoms with Crippen molar-refractivity contribution in [1.82, 2.24) is 4.57 Å². The Kier molecular flexibility index (Phi) is 1.40. The third kappa shape index (κ3) is 0.759. The van der Waals surface area contributed by atoms with Gasteiger partial charge in [-0.15, -0.1) is 0 Å². The van der Waals surface area contributed by atoms with Crippen LogP contribution < -0.4 is 0 Å². The quantitative estimate of drug-likeness (QED) is 0.594. The van der Waals surface area contributed by atoms with Crippen LogP contribution in [0.4, 0.5) is 0 Å². The highest BCUT2D eigenvalue weighted by Crippen LogP contribution is 2.35. The van der Waals surface area contributed by atoms with Crippen molar-refractivity contribution in [1.29, 1.82) is 0 Å². The maximum absolute atomic E-state index is 2.31. The first-order valence-electron chi connectivity index (χ1n) is 5.26. The predicted molar refractivity (Wildman–Crippen MR) is 59.8 cm³/mol. The first kappa shape index (κ1) is 8.10. The first-order valence-corrected chi connectivity index (χ1v) is 5.26. The largest absolute Gasteiger partial charge is 0.348 e. The number of aromatic nitrogens is 1. The Hall–Kier alpha value is -1.24. The average Bonchev–Trinajstić information content (AvgIpc) is 2.32. The van der Waals surface area contributed by atoms with Crippen LogP contribution in [0.2, 0.25) is 0 Å². The van der Waals surface area contributed by atoms with E-state index in [-0.39, 0.29) is 0 Å². The van der Waals surface area contributed by atoms with E-state index < -0.39 is 0 Å². The molecule has 0 radical (unpaired) electrons. The van der Waals surface area contributed by atoms with E-state index in [1.165, 1.54) is 35.0 Å². The molecule has 0 unspecified atom stereocenters. The van der Waals surface area contributed by atoms with Crippen LogP contribution >= 0.6 is 0 Å². The molecular weight excluding hydrogens is 170 g/mol. The van der Waals surface area contributed by atoms with Gasteiger partial charge < -0.3 is 4.57 Å². The zero-order valence-electron chi connectivity index (χ0n) is 9.02. The smallest absolute Gasteiger partial charge is 0.0485 e. The van der Waals surface area contributed by atoms with Gasteiger partial charge in [0.25, 0.3) is 0 Å². The summed E-state index contributed by atoms with van der Waals surface area (Å²) in [6.07, 6.45) is 2.55. The molecular formula is C13H15N. The summed E-state index contributed by atoms with van der Waals surface area (Å²) >= 11 is 0. The summed E-state index contributed by atoms with van der Waals surface area (Å²) in [5.41, 5.74) is 7.44. The summed E-state index contributed by atoms with van der Waals surface area (Å²) in [5, 5.41) is 1.52. The molecule has 0 atom stereocenters. The van der Waals surface area contributed by atoms with E-state index in [9.17, 15) is 0 Å². The van der Waals surface area contributed by atoms with Gasteiger partial charge in [-0.3, -0.25) is 0 Å². The minimum atomic E-state index is 1.27. The molecule has 1 aromatic carbocycles. The fourth-order valence-electron chi connectivity index (χ4n) is 2.59. The Bertz CT molecular complexity index is 532. The van der Waals surface area contributed by atoms with Gasteiger partial charge in [0, 0.05) is 23.6 Å². The van der Waals surface area contributed by atoms with Crippen LogP contribution in [0.15, 0.2) is 12.1 Å². The monoisotopic (exact) mass is 185 g/mol. The molecule has 1 heterocycles. The van der Waals surface area contributed by atoms with Crippen molar-refractivity contribution < 1.29 is 0 Å². The SMILES string of the molecule is Cc1c(C)n(C)c2ccc3c(c12)CC3. The number of aryl methyl sites for hydroxylation is 4. The van der Waals surface area contributed by atoms with Crippen LogP contribution in [-0.4, -0.2) is 4.57 Å². The zero-order valence-corrected chi connectivity index (χ0v) is 9.02. The first-order chi connectivity index (χ1) is 6.70. The second kappa shape index (κ2) is 2.41. The fraction of sp³-hybridized carbons (Fsp3) is 0.385. The predicted octanol–water partition coefficient (Wildman–Crippen LogP) is 2.89. The molecule has 3 rings (SSSR count). The van der Waals surface area contributed by atoms with E-state index in [1.54, 1.807) is 11.1 Å². The summed E-state index contributed by atoms with van der Waals surface area (Å²) in [6.45, 7) is 4.46. The normalized spacial score (nSPS) is 14.2. The number of benzene rings is 1. The van der Waals surface area contributed by atoms with E-state index in [0.29, 0.717) is 0 Å². The second-order valence-electron chi connectivity index (χ2n) is 4.37. The molecule has 0 N–H and O–H groups in total. The van der Waals surface area contributed by atoms with Crippen molar-refractivity contribution in [2.24, 2.45) is 7.05 Å². The van der Waals surface area contributed by atoms with Crippen LogP contribution in [0.25, 0.3) is 10.9 Å². The molecule has 0 fully saturated rings. The van der Waals surface area contributed by atoms with Crippen molar-refractivity contribution in [3.8, 4) is 0 Å². The van der Waals surface area contributed by atoms with Crippen molar-refractivity contribution in [2.75, 3.05) is 0 Å². The topological polar surface area (TPSA) is 4.93 Å². The molecule has 1 aliphatic carbocycles. The van der Waals surface area contributed by atoms with Gasteiger partial charge in [-0.1, -0.05) is 6.07 Å². The van der Waals surface area contributed by atoms with E-state index in [2.05, 4.69) is 37.6 Å². The summed E-state index contributed by atoms with van der Waals surface area (Å²) < 4.78 is 2.31. The minimum Gasteiger partial charge on any atom is -0.348 e. The molecule has 0 bridgehead atoms. The molecule has 72 valence electrons. The van der Waals surface area contributed by atoms with E-state index in [0.717, 1.165) is 0 Å². The van der Waals surface area contributed by atoms with Gasteiger partial charge in [-0.2, -0.15) is 0 Å². The molecule has 0 amide bonds. The number of rotatable bonds is 0. The van der Waals surface area contributed by atoms with Gasteiger partial charge in [0.15, 0.2) is 0 Å². The molecule has 1 aliphatic rings. The lowest BCUT2D eigenvalue weighted by Gasteiger charge is -2.20. The van der Waals surface area contributed by atoms with Crippen molar-refractivity contribution in [3.05, 3.63) is 34.5 Å². The lowest BCUT2D eigenvalue weighted by molar-refractivity contribution is 0.850. The van der Waals surface area contributed by atoms with Crippen molar-refractivity contribution in [3.63, 3.8) is 0 Å². The Morgan fingerprint density at radius 1 is 1.14 bits per heavy atom. The van der Waals surface area contributed by atoms with Gasteiger partial charge in [-0.25, -0.2) is 0 Å². The Labute approximate surface area is 84.4 Å². The molecule has 1 heteroatoms. The van der Waals surface area contributed by atoms with Crippen molar-refractivity contribution >= 4 is 10.9 Å². The lowest BCUT2D eigenvalue weighted by Crippen LogP contribution is -2.08. The molecule has 0 saturated carbocycles. The number of hydrogen-bond donors (Lipinski definition) is 0. The number of fused-ring (bicyclic) bond motifs is 3. The van der Waals surface area contributed by atoms with Crippen LogP contribution in [-0.2, 0) is 19.9 Å². The second-order valence-corrected chi connectivity index (χ2v) is 4.37. The third-order valence-corrected chi connectivity index (χ3v) is 3.81. The molecule has 2 aromatic rings. The highest BCUT2D eigenvalue weighted by atomic mass is 14.9. The molecule has 0 aliphatic heterocycles. The average molecular weight is 185 g/mol. The summed E-state index contributed by atoms with van der Waals surface area (Å²) in [7, 11) is 2.16. The van der Waals surface area contributed by atoms with Crippen LogP contribution in [0.5, 0.6) is 0 Å². The highest BCUT2D eigenvalue weighted by molar-refractivity contribution is 5.90. The maximum Gasteiger partial charge on any atom is 0.0485 e. The van der Waals surface area contributed by atoms with Crippen molar-refractivity contribution in [2.45, 2.75) is 26.7 Å². The fourth-order valence-corrected chi connectivity index (χ4v) is 2.59. The molecule has 0 saturated heterocycles. The molecule has 14 heavy (non-hydrogen) atoms. The van der Waals surface area contributed by atoms with Crippen LogP contribution in [0, 0.1) is 13.8 Å². The number of hydrogen-bond acceptors (Lipinski definition) is 0. The Morgan fingerprint density at radius 2 is 1.93 bits per heavy atom. The van der Waals surface area contributed by atoms with Gasteiger partial charge >= 0.3 is 0 Å². The van der Waals surface area contributed by atoms with Gasteiger partial charge in [-0.05, 0) is 49.4 Å². The minimum absolute atomic E-state index is 1.27. The van der Waals surface area contributed by atoms with Gasteiger partial charge in [0.05, 0.1) is 0 Å². The van der Waals surface area contributed by atoms with Crippen LogP contribution in [0.1, 0.15) is 22.4 Å². The standard InChI is InChI=1S/C13H15N/c1-8-9(2)14(3)12-7-5-10-4-6-11(10)13(8)12/h5,7H,4,6H2,1-3H3. The van der Waals surface area contributed by atoms with Crippen LogP contribution in [0.3, 0.4) is 0 Å². The number of nitrogens with zero attached hydrogens (tertiary/aromatic N) is 1. The summed E-state index contributed by atoms with van der Waals surface area (Å²) in [5.74, 6) is 0. The Morgan fingerprint density at radius 3 is 2.57 bits per heavy atom. The third-order valence-electron chi connectivity index (χ3n) is 3.81. The molecule has 1 nitrogen and oxygen atoms in total. The zero-order chi connectivity index (χ0) is 9.87. The molecule has 1 aromatic heterocycles.